The molecule has 6 heteroatoms. The fourth-order valence-corrected chi connectivity index (χ4v) is 5.15. The van der Waals surface area contributed by atoms with E-state index < -0.39 is 0 Å². The third kappa shape index (κ3) is 5.01. The molecule has 0 radical (unpaired) electrons. The molecule has 2 aliphatic heterocycles. The summed E-state index contributed by atoms with van der Waals surface area (Å²) < 4.78 is 5.84. The Labute approximate surface area is 197 Å². The molecule has 2 heterocycles. The number of piperidine rings is 1. The van der Waals surface area contributed by atoms with Crippen LogP contribution in [0.1, 0.15) is 51.2 Å². The number of likely N-dealkylation sites (tertiary alicyclic amines) is 1. The second-order valence-electron chi connectivity index (χ2n) is 9.87. The highest BCUT2D eigenvalue weighted by molar-refractivity contribution is 6.30. The number of hydrogen-bond donors (Lipinski definition) is 2. The van der Waals surface area contributed by atoms with Gasteiger partial charge >= 0.3 is 0 Å². The van der Waals surface area contributed by atoms with Gasteiger partial charge in [-0.05, 0) is 63.4 Å². The lowest BCUT2D eigenvalue weighted by Crippen LogP contribution is -2.61. The van der Waals surface area contributed by atoms with Gasteiger partial charge in [-0.3, -0.25) is 15.2 Å². The van der Waals surface area contributed by atoms with Crippen molar-refractivity contribution in [2.45, 2.75) is 63.8 Å². The van der Waals surface area contributed by atoms with E-state index in [0.717, 1.165) is 60.9 Å². The maximum absolute atomic E-state index is 6.11. The number of nitrogens with one attached hydrogen (secondary N) is 2. The Morgan fingerprint density at radius 3 is 2.50 bits per heavy atom. The largest absolute Gasteiger partial charge is 0.496 e. The zero-order chi connectivity index (χ0) is 22.8. The highest BCUT2D eigenvalue weighted by Crippen LogP contribution is 2.45. The van der Waals surface area contributed by atoms with Gasteiger partial charge in [0.1, 0.15) is 11.4 Å². The summed E-state index contributed by atoms with van der Waals surface area (Å²) in [5.41, 5.74) is 3.09. The molecule has 0 spiro atoms. The predicted octanol–water partition coefficient (Wildman–Crippen LogP) is 5.25. The standard InChI is InChI=1S/C26H35ClN4O/c1-25(2,3)30-21-12-16-31(17-13-21)26(29-18-19-8-10-20(27)11-9-19)14-15-28-22-6-5-7-23(32-4)24(22)26/h5-11,15,21,29-30H,12-14,16-18H2,1-4H3. The third-order valence-electron chi connectivity index (χ3n) is 6.42. The molecule has 1 saturated heterocycles. The first-order valence-corrected chi connectivity index (χ1v) is 11.9. The van der Waals surface area contributed by atoms with E-state index in [-0.39, 0.29) is 11.2 Å². The Balaban J connectivity index is 1.65. The van der Waals surface area contributed by atoms with Crippen molar-refractivity contribution in [1.29, 1.82) is 0 Å². The molecular formula is C26H35ClN4O. The van der Waals surface area contributed by atoms with E-state index in [0.29, 0.717) is 6.04 Å². The molecule has 32 heavy (non-hydrogen) atoms. The van der Waals surface area contributed by atoms with Crippen LogP contribution in [0.2, 0.25) is 5.02 Å². The summed E-state index contributed by atoms with van der Waals surface area (Å²) in [5.74, 6) is 0.887. The fourth-order valence-electron chi connectivity index (χ4n) is 5.02. The van der Waals surface area contributed by atoms with Crippen LogP contribution >= 0.6 is 11.6 Å². The molecule has 1 fully saturated rings. The SMILES string of the molecule is COc1cccc2c1C(NCc1ccc(Cl)cc1)(N1CCC(NC(C)(C)C)CC1)CC=N2. The van der Waals surface area contributed by atoms with Gasteiger partial charge in [0, 0.05) is 48.9 Å². The second kappa shape index (κ2) is 9.52. The number of halogens is 1. The van der Waals surface area contributed by atoms with Gasteiger partial charge in [-0.1, -0.05) is 29.8 Å². The van der Waals surface area contributed by atoms with E-state index >= 15 is 0 Å². The summed E-state index contributed by atoms with van der Waals surface area (Å²) in [6.45, 7) is 9.48. The van der Waals surface area contributed by atoms with E-state index in [1.807, 2.05) is 24.3 Å². The van der Waals surface area contributed by atoms with Crippen LogP contribution in [0.3, 0.4) is 0 Å². The number of nitrogens with zero attached hydrogens (tertiary/aromatic N) is 2. The smallest absolute Gasteiger partial charge is 0.127 e. The Morgan fingerprint density at radius 2 is 1.84 bits per heavy atom. The number of hydrogen-bond acceptors (Lipinski definition) is 5. The maximum atomic E-state index is 6.11. The Morgan fingerprint density at radius 1 is 1.12 bits per heavy atom. The van der Waals surface area contributed by atoms with Crippen molar-refractivity contribution in [2.24, 2.45) is 4.99 Å². The molecule has 0 aromatic heterocycles. The molecule has 2 aromatic rings. The molecule has 2 aliphatic rings. The topological polar surface area (TPSA) is 48.9 Å². The number of methoxy groups -OCH3 is 1. The van der Waals surface area contributed by atoms with E-state index in [1.165, 1.54) is 5.56 Å². The van der Waals surface area contributed by atoms with Crippen molar-refractivity contribution < 1.29 is 4.74 Å². The molecule has 2 N–H and O–H groups in total. The van der Waals surface area contributed by atoms with Gasteiger partial charge in [-0.15, -0.1) is 0 Å². The summed E-state index contributed by atoms with van der Waals surface area (Å²) in [7, 11) is 1.75. The van der Waals surface area contributed by atoms with E-state index in [9.17, 15) is 0 Å². The summed E-state index contributed by atoms with van der Waals surface area (Å²) in [6.07, 6.45) is 5.08. The lowest BCUT2D eigenvalue weighted by molar-refractivity contribution is 0.0241. The first-order valence-electron chi connectivity index (χ1n) is 11.5. The molecule has 0 bridgehead atoms. The van der Waals surface area contributed by atoms with E-state index in [4.69, 9.17) is 21.3 Å². The monoisotopic (exact) mass is 454 g/mol. The predicted molar refractivity (Wildman–Crippen MR) is 133 cm³/mol. The van der Waals surface area contributed by atoms with Crippen molar-refractivity contribution in [3.63, 3.8) is 0 Å². The Bertz CT molecular complexity index is 945. The normalized spacial score (nSPS) is 22.0. The third-order valence-corrected chi connectivity index (χ3v) is 6.68. The molecular weight excluding hydrogens is 420 g/mol. The molecule has 172 valence electrons. The highest BCUT2D eigenvalue weighted by Gasteiger charge is 2.44. The number of benzene rings is 2. The zero-order valence-electron chi connectivity index (χ0n) is 19.6. The summed E-state index contributed by atoms with van der Waals surface area (Å²) in [5, 5.41) is 8.47. The number of aliphatic imine (C=N–C) groups is 1. The van der Waals surface area contributed by atoms with Crippen LogP contribution < -0.4 is 15.4 Å². The van der Waals surface area contributed by atoms with Crippen LogP contribution in [0.25, 0.3) is 0 Å². The zero-order valence-corrected chi connectivity index (χ0v) is 20.4. The van der Waals surface area contributed by atoms with Gasteiger partial charge in [0.15, 0.2) is 0 Å². The Hall–Kier alpha value is -1.92. The molecule has 1 unspecified atom stereocenters. The van der Waals surface area contributed by atoms with Crippen LogP contribution in [0.5, 0.6) is 5.75 Å². The molecule has 4 rings (SSSR count). The van der Waals surface area contributed by atoms with Crippen molar-refractivity contribution in [3.8, 4) is 5.75 Å². The molecule has 2 aromatic carbocycles. The summed E-state index contributed by atoms with van der Waals surface area (Å²) >= 11 is 6.11. The average molecular weight is 455 g/mol. The number of ether oxygens (including phenoxy) is 1. The minimum Gasteiger partial charge on any atom is -0.496 e. The molecule has 0 aliphatic carbocycles. The van der Waals surface area contributed by atoms with Crippen LogP contribution in [0, 0.1) is 0 Å². The average Bonchev–Trinajstić information content (AvgIpc) is 2.77. The van der Waals surface area contributed by atoms with Gasteiger partial charge in [0.25, 0.3) is 0 Å². The van der Waals surface area contributed by atoms with Crippen molar-refractivity contribution >= 4 is 23.5 Å². The number of fused-ring (bicyclic) bond motifs is 1. The molecule has 5 nitrogen and oxygen atoms in total. The van der Waals surface area contributed by atoms with E-state index in [1.54, 1.807) is 7.11 Å². The van der Waals surface area contributed by atoms with Gasteiger partial charge in [-0.2, -0.15) is 0 Å². The number of rotatable bonds is 6. The fraction of sp³-hybridized carbons (Fsp3) is 0.500. The first kappa shape index (κ1) is 23.2. The van der Waals surface area contributed by atoms with Crippen molar-refractivity contribution in [1.82, 2.24) is 15.5 Å². The minimum atomic E-state index is -0.365. The van der Waals surface area contributed by atoms with Crippen LogP contribution in [0.15, 0.2) is 47.5 Å². The second-order valence-corrected chi connectivity index (χ2v) is 10.3. The van der Waals surface area contributed by atoms with Gasteiger partial charge in [-0.25, -0.2) is 0 Å². The molecule has 0 amide bonds. The summed E-state index contributed by atoms with van der Waals surface area (Å²) in [4.78, 5) is 7.31. The van der Waals surface area contributed by atoms with E-state index in [2.05, 4.69) is 60.7 Å². The lowest BCUT2D eigenvalue weighted by atomic mass is 9.86. The van der Waals surface area contributed by atoms with Crippen molar-refractivity contribution in [2.75, 3.05) is 20.2 Å². The molecule has 0 saturated carbocycles. The van der Waals surface area contributed by atoms with Gasteiger partial charge in [0.2, 0.25) is 0 Å². The quantitative estimate of drug-likeness (QED) is 0.625. The summed E-state index contributed by atoms with van der Waals surface area (Å²) in [6, 6.07) is 14.8. The van der Waals surface area contributed by atoms with Crippen LogP contribution in [-0.4, -0.2) is 42.9 Å². The Kier molecular flexibility index (Phi) is 6.91. The van der Waals surface area contributed by atoms with Crippen LogP contribution in [-0.2, 0) is 12.2 Å². The molecule has 1 atom stereocenters. The van der Waals surface area contributed by atoms with Gasteiger partial charge in [0.05, 0.1) is 18.4 Å². The minimum absolute atomic E-state index is 0.130. The lowest BCUT2D eigenvalue weighted by Gasteiger charge is -2.49. The first-order chi connectivity index (χ1) is 15.3. The van der Waals surface area contributed by atoms with Gasteiger partial charge < -0.3 is 10.1 Å². The van der Waals surface area contributed by atoms with Crippen molar-refractivity contribution in [3.05, 3.63) is 58.6 Å². The van der Waals surface area contributed by atoms with Crippen LogP contribution in [0.4, 0.5) is 5.69 Å². The maximum Gasteiger partial charge on any atom is 0.127 e. The highest BCUT2D eigenvalue weighted by atomic mass is 35.5.